The maximum absolute atomic E-state index is 13.3. The van der Waals surface area contributed by atoms with E-state index in [0.717, 1.165) is 0 Å². The summed E-state index contributed by atoms with van der Waals surface area (Å²) in [6.07, 6.45) is 0. The van der Waals surface area contributed by atoms with Crippen LogP contribution in [0.2, 0.25) is 0 Å². The zero-order valence-corrected chi connectivity index (χ0v) is 29.9. The van der Waals surface area contributed by atoms with Crippen molar-refractivity contribution in [3.63, 3.8) is 0 Å². The first-order valence-electron chi connectivity index (χ1n) is 11.2. The maximum atomic E-state index is 13.3. The van der Waals surface area contributed by atoms with Crippen LogP contribution in [0.1, 0.15) is 13.8 Å². The minimum atomic E-state index is -7.59. The predicted octanol–water partition coefficient (Wildman–Crippen LogP) is -3.86. The lowest BCUT2D eigenvalue weighted by Gasteiger charge is -2.59. The van der Waals surface area contributed by atoms with Gasteiger partial charge in [0.1, 0.15) is 0 Å². The molecule has 0 bridgehead atoms. The monoisotopic (exact) mass is 843 g/mol. The first-order chi connectivity index (χ1) is 19.8. The van der Waals surface area contributed by atoms with Crippen molar-refractivity contribution in [3.05, 3.63) is 0 Å². The number of rotatable bonds is 18. The molecular weight excluding hydrogens is 810 g/mol. The quantitative estimate of drug-likeness (QED) is 0.0464. The summed E-state index contributed by atoms with van der Waals surface area (Å²) in [5.74, 6) is 0. The van der Waals surface area contributed by atoms with Gasteiger partial charge in [-0.2, -0.15) is 0 Å². The highest BCUT2D eigenvalue weighted by atomic mass is 31.3. The molecule has 0 aliphatic carbocycles. The fraction of sp³-hybridized carbons (Fsp3) is 1.00. The highest BCUT2D eigenvalue weighted by Gasteiger charge is 2.83. The van der Waals surface area contributed by atoms with E-state index in [9.17, 15) is 120 Å². The molecule has 0 saturated heterocycles. The molecule has 0 atom stereocenters. The first-order valence-corrected chi connectivity index (χ1v) is 24.4. The van der Waals surface area contributed by atoms with Gasteiger partial charge in [-0.15, -0.1) is 0 Å². The summed E-state index contributed by atoms with van der Waals surface area (Å²) in [6, 6.07) is 0. The summed E-state index contributed by atoms with van der Waals surface area (Å²) < 4.78 is 102. The summed E-state index contributed by atoms with van der Waals surface area (Å²) in [5.41, 5.74) is -8.40. The molecule has 0 fully saturated rings. The van der Waals surface area contributed by atoms with Gasteiger partial charge >= 0.3 is 60.8 Å². The molecule has 0 amide bonds. The van der Waals surface area contributed by atoms with Gasteiger partial charge < -0.3 is 83.4 Å². The minimum absolute atomic E-state index is 0.373. The zero-order valence-electron chi connectivity index (χ0n) is 22.8. The second kappa shape index (κ2) is 14.6. The first kappa shape index (κ1) is 47.0. The van der Waals surface area contributed by atoms with E-state index in [4.69, 9.17) is 0 Å². The number of aliphatic hydroxyl groups excluding tert-OH is 1. The Bertz CT molecular complexity index is 1290. The van der Waals surface area contributed by atoms with Gasteiger partial charge in [-0.3, -0.25) is 36.5 Å². The van der Waals surface area contributed by atoms with Gasteiger partial charge in [-0.05, 0) is 13.1 Å². The summed E-state index contributed by atoms with van der Waals surface area (Å²) in [7, 11) is -57.4. The van der Waals surface area contributed by atoms with Crippen LogP contribution in [0.4, 0.5) is 0 Å². The molecule has 28 nitrogen and oxygen atoms in total. The lowest BCUT2D eigenvalue weighted by Crippen LogP contribution is -2.73. The molecule has 0 heterocycles. The van der Waals surface area contributed by atoms with Crippen molar-refractivity contribution in [1.82, 2.24) is 14.7 Å². The van der Waals surface area contributed by atoms with E-state index in [2.05, 4.69) is 0 Å². The van der Waals surface area contributed by atoms with Crippen molar-refractivity contribution in [2.75, 3.05) is 26.2 Å². The van der Waals surface area contributed by atoms with E-state index in [1.807, 2.05) is 0 Å². The summed E-state index contributed by atoms with van der Waals surface area (Å²) >= 11 is 0. The SMILES string of the molecule is CCN(C(P(=O)(O)O)P(=O)(O)O)C(N(CCO)C(N(CC)C(P(=O)(O)O)P(=O)(O)O)(P(=O)(O)O)P(=O)(O)O)(P(=O)(O)O)P(=O)(O)O. The molecule has 0 saturated carbocycles. The Balaban J connectivity index is 9.72. The molecule has 17 N–H and O–H groups in total. The van der Waals surface area contributed by atoms with Crippen LogP contribution in [0.5, 0.6) is 0 Å². The summed E-state index contributed by atoms with van der Waals surface area (Å²) in [4.78, 5) is 158. The van der Waals surface area contributed by atoms with E-state index in [1.165, 1.54) is 0 Å². The Morgan fingerprint density at radius 2 is 0.652 bits per heavy atom. The number of hydrogen-bond donors (Lipinski definition) is 17. The van der Waals surface area contributed by atoms with Gasteiger partial charge in [0.25, 0.3) is 10.3 Å². The predicted molar refractivity (Wildman–Crippen MR) is 148 cm³/mol. The molecule has 0 rings (SSSR count). The third-order valence-electron chi connectivity index (χ3n) is 5.82. The second-order valence-corrected chi connectivity index (χ2v) is 23.9. The van der Waals surface area contributed by atoms with Gasteiger partial charge in [-0.25, -0.2) is 14.7 Å². The van der Waals surface area contributed by atoms with Gasteiger partial charge in [0, 0.05) is 6.54 Å². The molecule has 0 aliphatic rings. The smallest absolute Gasteiger partial charge is 0.373 e. The molecule has 278 valence electrons. The van der Waals surface area contributed by atoms with E-state index in [0.29, 0.717) is 13.8 Å². The van der Waals surface area contributed by atoms with Crippen molar-refractivity contribution in [2.45, 2.75) is 35.2 Å². The summed E-state index contributed by atoms with van der Waals surface area (Å²) in [5, 5.41) is -1.49. The number of hydrogen-bond acceptors (Lipinski definition) is 12. The molecule has 36 heteroatoms. The lowest BCUT2D eigenvalue weighted by molar-refractivity contribution is -0.0657. The lowest BCUT2D eigenvalue weighted by atomic mass is 10.5. The van der Waals surface area contributed by atoms with Gasteiger partial charge in [0.15, 0.2) is 0 Å². The Hall–Kier alpha value is 1.04. The van der Waals surface area contributed by atoms with Crippen LogP contribution in [-0.2, 0) is 36.5 Å². The maximum Gasteiger partial charge on any atom is 0.373 e. The Morgan fingerprint density at radius 1 is 0.457 bits per heavy atom. The molecule has 0 aliphatic heterocycles. The topological polar surface area (TPSA) is 490 Å². The van der Waals surface area contributed by atoms with Crippen LogP contribution < -0.4 is 0 Å². The Kier molecular flexibility index (Phi) is 14.9. The highest BCUT2D eigenvalue weighted by molar-refractivity contribution is 7.75. The zero-order chi connectivity index (χ0) is 37.7. The van der Waals surface area contributed by atoms with E-state index in [1.54, 1.807) is 0 Å². The summed E-state index contributed by atoms with van der Waals surface area (Å²) in [6.45, 7) is -7.45. The third-order valence-corrected chi connectivity index (χ3v) is 21.2. The van der Waals surface area contributed by atoms with Crippen LogP contribution in [0.3, 0.4) is 0 Å². The molecule has 0 spiro atoms. The van der Waals surface area contributed by atoms with Crippen LogP contribution in [-0.4, -0.2) is 146 Å². The fourth-order valence-electron chi connectivity index (χ4n) is 4.73. The van der Waals surface area contributed by atoms with Crippen LogP contribution in [0.25, 0.3) is 0 Å². The van der Waals surface area contributed by atoms with Crippen LogP contribution in [0, 0.1) is 0 Å². The second-order valence-electron chi connectivity index (χ2n) is 8.87. The van der Waals surface area contributed by atoms with Crippen LogP contribution >= 0.6 is 60.8 Å². The van der Waals surface area contributed by atoms with Crippen molar-refractivity contribution in [1.29, 1.82) is 0 Å². The van der Waals surface area contributed by atoms with Crippen LogP contribution in [0.15, 0.2) is 0 Å². The third kappa shape index (κ3) is 8.73. The number of nitrogens with zero attached hydrogens (tertiary/aromatic N) is 3. The van der Waals surface area contributed by atoms with Gasteiger partial charge in [0.05, 0.1) is 6.61 Å². The average Bonchev–Trinajstić information content (AvgIpc) is 2.70. The molecule has 0 aromatic carbocycles. The van der Waals surface area contributed by atoms with Gasteiger partial charge in [-0.1, -0.05) is 13.8 Å². The largest absolute Gasteiger partial charge is 0.395 e. The van der Waals surface area contributed by atoms with E-state index >= 15 is 0 Å². The standard InChI is InChI=1S/C10H33N3O25P8/c1-3-11(7(39(15,16)17)40(18,19)20)9(43(27,28)29,44(30,31)32)13(5-6-14)10(45(33,34)35,46(36,37)38)12(4-2)8(41(21,22)23)42(24,25)26/h7-8,14H,3-6H2,1-2H3,(H2,15,16,17)(H2,18,19,20)(H2,21,22,23)(H2,24,25,26)(H2,27,28,29)(H2,30,31,32)(H2,33,34,35)(H2,36,37,38). The molecule has 0 radical (unpaired) electrons. The molecule has 0 aromatic rings. The van der Waals surface area contributed by atoms with Crippen molar-refractivity contribution in [2.24, 2.45) is 0 Å². The normalized spacial score (nSPS) is 16.0. The fourth-order valence-corrected chi connectivity index (χ4v) is 19.0. The van der Waals surface area contributed by atoms with Crippen molar-refractivity contribution >= 4 is 60.8 Å². The molecular formula is C10H33N3O25P8. The minimum Gasteiger partial charge on any atom is -0.395 e. The number of aliphatic hydroxyl groups is 1. The highest BCUT2D eigenvalue weighted by Crippen LogP contribution is 2.83. The Labute approximate surface area is 257 Å². The van der Waals surface area contributed by atoms with E-state index < -0.39 is 123 Å². The average molecular weight is 843 g/mol. The van der Waals surface area contributed by atoms with Crippen molar-refractivity contribution in [3.8, 4) is 0 Å². The molecule has 0 unspecified atom stereocenters. The van der Waals surface area contributed by atoms with Gasteiger partial charge in [0.2, 0.25) is 11.0 Å². The molecule has 46 heavy (non-hydrogen) atoms. The molecule has 0 aromatic heterocycles. The van der Waals surface area contributed by atoms with Crippen molar-refractivity contribution < 1.29 is 120 Å². The Morgan fingerprint density at radius 3 is 0.761 bits per heavy atom. The van der Waals surface area contributed by atoms with E-state index in [-0.39, 0.29) is 0 Å².